The molecular weight excluding hydrogens is 216 g/mol. The lowest BCUT2D eigenvalue weighted by Crippen LogP contribution is -2.40. The van der Waals surface area contributed by atoms with E-state index in [9.17, 15) is 4.79 Å². The zero-order valence-corrected chi connectivity index (χ0v) is 10.1. The minimum Gasteiger partial charge on any atom is -0.379 e. The summed E-state index contributed by atoms with van der Waals surface area (Å²) in [7, 11) is 0. The molecular formula is C13H18N2O2. The van der Waals surface area contributed by atoms with Gasteiger partial charge in [-0.1, -0.05) is 6.92 Å². The number of Topliss-reactive ketones (excluding diaryl/α,β-unsaturated/α-hetero) is 1. The van der Waals surface area contributed by atoms with Gasteiger partial charge in [-0.3, -0.25) is 4.79 Å². The fourth-order valence-corrected chi connectivity index (χ4v) is 1.79. The van der Waals surface area contributed by atoms with Crippen LogP contribution in [0.2, 0.25) is 0 Å². The standard InChI is InChI=1S/C13H18N2O2/c1-2-13(16)11-3-5-12(6-4-11)14-15-7-9-17-10-8-15/h3-6,14H,2,7-10H2,1H3. The van der Waals surface area contributed by atoms with Gasteiger partial charge < -0.3 is 10.2 Å². The Morgan fingerprint density at radius 3 is 2.53 bits per heavy atom. The number of hydrogen-bond acceptors (Lipinski definition) is 4. The maximum absolute atomic E-state index is 11.5. The minimum atomic E-state index is 0.183. The molecule has 17 heavy (non-hydrogen) atoms. The second kappa shape index (κ2) is 5.80. The Morgan fingerprint density at radius 2 is 1.94 bits per heavy atom. The molecule has 1 aliphatic rings. The van der Waals surface area contributed by atoms with Crippen molar-refractivity contribution in [3.05, 3.63) is 29.8 Å². The Kier molecular flexibility index (Phi) is 4.12. The van der Waals surface area contributed by atoms with Crippen LogP contribution in [-0.2, 0) is 4.74 Å². The van der Waals surface area contributed by atoms with Crippen molar-refractivity contribution in [2.45, 2.75) is 13.3 Å². The van der Waals surface area contributed by atoms with E-state index in [0.29, 0.717) is 6.42 Å². The Bertz CT molecular complexity index is 370. The van der Waals surface area contributed by atoms with E-state index in [0.717, 1.165) is 37.6 Å². The molecule has 0 aliphatic carbocycles. The average Bonchev–Trinajstić information content (AvgIpc) is 2.40. The fourth-order valence-electron chi connectivity index (χ4n) is 1.79. The van der Waals surface area contributed by atoms with Gasteiger partial charge in [-0.2, -0.15) is 0 Å². The molecule has 92 valence electrons. The lowest BCUT2D eigenvalue weighted by atomic mass is 10.1. The van der Waals surface area contributed by atoms with Crippen molar-refractivity contribution in [1.82, 2.24) is 5.01 Å². The number of ether oxygens (including phenoxy) is 1. The maximum Gasteiger partial charge on any atom is 0.162 e. The number of hydrazine groups is 1. The van der Waals surface area contributed by atoms with Gasteiger partial charge in [0.1, 0.15) is 0 Å². The summed E-state index contributed by atoms with van der Waals surface area (Å²) in [5.41, 5.74) is 5.10. The van der Waals surface area contributed by atoms with Crippen LogP contribution in [0.1, 0.15) is 23.7 Å². The largest absolute Gasteiger partial charge is 0.379 e. The highest BCUT2D eigenvalue weighted by Crippen LogP contribution is 2.12. The minimum absolute atomic E-state index is 0.183. The van der Waals surface area contributed by atoms with Crippen molar-refractivity contribution in [1.29, 1.82) is 0 Å². The first-order valence-electron chi connectivity index (χ1n) is 6.02. The SMILES string of the molecule is CCC(=O)c1ccc(NN2CCOCC2)cc1. The molecule has 0 aromatic heterocycles. The molecule has 1 saturated heterocycles. The monoisotopic (exact) mass is 234 g/mol. The summed E-state index contributed by atoms with van der Waals surface area (Å²) in [5, 5.41) is 2.13. The van der Waals surface area contributed by atoms with Gasteiger partial charge in [0, 0.05) is 30.8 Å². The molecule has 1 aliphatic heterocycles. The zero-order chi connectivity index (χ0) is 12.1. The number of nitrogens with zero attached hydrogens (tertiary/aromatic N) is 1. The number of carbonyl (C=O) groups is 1. The van der Waals surface area contributed by atoms with Gasteiger partial charge in [0.05, 0.1) is 13.2 Å². The summed E-state index contributed by atoms with van der Waals surface area (Å²) in [4.78, 5) is 11.5. The number of nitrogens with one attached hydrogen (secondary N) is 1. The number of ketones is 1. The van der Waals surface area contributed by atoms with Gasteiger partial charge in [0.25, 0.3) is 0 Å². The lowest BCUT2D eigenvalue weighted by molar-refractivity contribution is 0.0497. The lowest BCUT2D eigenvalue weighted by Gasteiger charge is -2.27. The zero-order valence-electron chi connectivity index (χ0n) is 10.1. The Morgan fingerprint density at radius 1 is 1.29 bits per heavy atom. The number of anilines is 1. The maximum atomic E-state index is 11.5. The number of hydrogen-bond donors (Lipinski definition) is 1. The number of morpholine rings is 1. The van der Waals surface area contributed by atoms with Crippen molar-refractivity contribution in [3.8, 4) is 0 Å². The molecule has 0 radical (unpaired) electrons. The molecule has 2 rings (SSSR count). The topological polar surface area (TPSA) is 41.6 Å². The van der Waals surface area contributed by atoms with Crippen LogP contribution in [0.25, 0.3) is 0 Å². The summed E-state index contributed by atoms with van der Waals surface area (Å²) in [6, 6.07) is 7.62. The summed E-state index contributed by atoms with van der Waals surface area (Å²) in [5.74, 6) is 0.183. The Hall–Kier alpha value is -1.39. The molecule has 4 nitrogen and oxygen atoms in total. The Balaban J connectivity index is 1.95. The van der Waals surface area contributed by atoms with Crippen LogP contribution in [0, 0.1) is 0 Å². The second-order valence-electron chi connectivity index (χ2n) is 4.07. The molecule has 1 heterocycles. The van der Waals surface area contributed by atoms with Gasteiger partial charge in [-0.05, 0) is 24.3 Å². The molecule has 0 amide bonds. The van der Waals surface area contributed by atoms with Crippen molar-refractivity contribution < 1.29 is 9.53 Å². The van der Waals surface area contributed by atoms with E-state index in [-0.39, 0.29) is 5.78 Å². The van der Waals surface area contributed by atoms with Gasteiger partial charge in [0.15, 0.2) is 5.78 Å². The smallest absolute Gasteiger partial charge is 0.162 e. The molecule has 1 aromatic rings. The molecule has 0 unspecified atom stereocenters. The normalized spacial score (nSPS) is 16.8. The van der Waals surface area contributed by atoms with Crippen molar-refractivity contribution in [3.63, 3.8) is 0 Å². The van der Waals surface area contributed by atoms with E-state index in [2.05, 4.69) is 10.4 Å². The van der Waals surface area contributed by atoms with E-state index in [1.165, 1.54) is 0 Å². The van der Waals surface area contributed by atoms with Crippen molar-refractivity contribution in [2.75, 3.05) is 31.7 Å². The molecule has 0 spiro atoms. The van der Waals surface area contributed by atoms with E-state index in [4.69, 9.17) is 4.74 Å². The third kappa shape index (κ3) is 3.28. The van der Waals surface area contributed by atoms with Crippen LogP contribution in [0.15, 0.2) is 24.3 Å². The molecule has 1 N–H and O–H groups in total. The highest BCUT2D eigenvalue weighted by Gasteiger charge is 2.10. The van der Waals surface area contributed by atoms with Gasteiger partial charge in [0.2, 0.25) is 0 Å². The third-order valence-electron chi connectivity index (χ3n) is 2.83. The first-order valence-corrected chi connectivity index (χ1v) is 6.02. The number of benzene rings is 1. The average molecular weight is 234 g/mol. The van der Waals surface area contributed by atoms with E-state index in [1.807, 2.05) is 31.2 Å². The first kappa shape index (κ1) is 12.1. The first-order chi connectivity index (χ1) is 8.29. The van der Waals surface area contributed by atoms with Crippen LogP contribution < -0.4 is 5.43 Å². The molecule has 0 bridgehead atoms. The number of carbonyl (C=O) groups excluding carboxylic acids is 1. The third-order valence-corrected chi connectivity index (χ3v) is 2.83. The van der Waals surface area contributed by atoms with Crippen LogP contribution in [0.5, 0.6) is 0 Å². The molecule has 1 aromatic carbocycles. The van der Waals surface area contributed by atoms with Gasteiger partial charge in [-0.25, -0.2) is 5.01 Å². The van der Waals surface area contributed by atoms with E-state index in [1.54, 1.807) is 0 Å². The molecule has 1 fully saturated rings. The summed E-state index contributed by atoms with van der Waals surface area (Å²) >= 11 is 0. The van der Waals surface area contributed by atoms with Gasteiger partial charge in [-0.15, -0.1) is 0 Å². The summed E-state index contributed by atoms with van der Waals surface area (Å²) < 4.78 is 5.28. The highest BCUT2D eigenvalue weighted by atomic mass is 16.5. The van der Waals surface area contributed by atoms with Crippen LogP contribution >= 0.6 is 0 Å². The van der Waals surface area contributed by atoms with Gasteiger partial charge >= 0.3 is 0 Å². The molecule has 4 heteroatoms. The van der Waals surface area contributed by atoms with Crippen molar-refractivity contribution in [2.24, 2.45) is 0 Å². The quantitative estimate of drug-likeness (QED) is 0.808. The van der Waals surface area contributed by atoms with Crippen LogP contribution in [0.3, 0.4) is 0 Å². The summed E-state index contributed by atoms with van der Waals surface area (Å²) in [6.07, 6.45) is 0.552. The summed E-state index contributed by atoms with van der Waals surface area (Å²) in [6.45, 7) is 5.17. The highest BCUT2D eigenvalue weighted by molar-refractivity contribution is 5.96. The molecule has 0 saturated carbocycles. The van der Waals surface area contributed by atoms with Crippen molar-refractivity contribution >= 4 is 11.5 Å². The molecule has 0 atom stereocenters. The van der Waals surface area contributed by atoms with Crippen LogP contribution in [-0.4, -0.2) is 37.1 Å². The van der Waals surface area contributed by atoms with E-state index >= 15 is 0 Å². The second-order valence-corrected chi connectivity index (χ2v) is 4.07. The number of rotatable bonds is 4. The fraction of sp³-hybridized carbons (Fsp3) is 0.462. The van der Waals surface area contributed by atoms with E-state index < -0.39 is 0 Å². The predicted octanol–water partition coefficient (Wildman–Crippen LogP) is 1.94. The Labute approximate surface area is 102 Å². The predicted molar refractivity (Wildman–Crippen MR) is 67.1 cm³/mol. The van der Waals surface area contributed by atoms with Crippen LogP contribution in [0.4, 0.5) is 5.69 Å².